The van der Waals surface area contributed by atoms with Gasteiger partial charge in [0.1, 0.15) is 5.75 Å². The molecule has 1 aromatic carbocycles. The van der Waals surface area contributed by atoms with E-state index < -0.39 is 0 Å². The van der Waals surface area contributed by atoms with Gasteiger partial charge in [0, 0.05) is 45.5 Å². The molecule has 0 saturated heterocycles. The second-order valence-corrected chi connectivity index (χ2v) is 4.60. The van der Waals surface area contributed by atoms with Crippen LogP contribution in [0.15, 0.2) is 29.3 Å². The fourth-order valence-electron chi connectivity index (χ4n) is 1.75. The molecule has 2 N–H and O–H groups in total. The largest absolute Gasteiger partial charge is 0.493 e. The number of anilines is 1. The summed E-state index contributed by atoms with van der Waals surface area (Å²) in [5.41, 5.74) is 0.932. The summed E-state index contributed by atoms with van der Waals surface area (Å²) in [5, 5.41) is 6.45. The number of ether oxygens (including phenoxy) is 3. The van der Waals surface area contributed by atoms with E-state index in [0.29, 0.717) is 26.4 Å². The molecule has 0 heterocycles. The van der Waals surface area contributed by atoms with Gasteiger partial charge < -0.3 is 24.8 Å². The number of rotatable bonds is 10. The van der Waals surface area contributed by atoms with Crippen LogP contribution in [-0.4, -0.2) is 53.1 Å². The lowest BCUT2D eigenvalue weighted by Crippen LogP contribution is -2.31. The monoisotopic (exact) mass is 309 g/mol. The normalized spacial score (nSPS) is 11.3. The average molecular weight is 309 g/mol. The van der Waals surface area contributed by atoms with E-state index in [1.807, 2.05) is 31.2 Å². The maximum Gasteiger partial charge on any atom is 0.195 e. The van der Waals surface area contributed by atoms with E-state index in [2.05, 4.69) is 15.6 Å². The first-order chi connectivity index (χ1) is 10.8. The molecular formula is C16H27N3O3. The van der Waals surface area contributed by atoms with Crippen LogP contribution in [-0.2, 0) is 9.47 Å². The Morgan fingerprint density at radius 3 is 2.68 bits per heavy atom. The lowest BCUT2D eigenvalue weighted by Gasteiger charge is -2.12. The first-order valence-corrected chi connectivity index (χ1v) is 7.56. The Kier molecular flexibility index (Phi) is 9.81. The number of benzene rings is 1. The molecule has 0 amide bonds. The van der Waals surface area contributed by atoms with Crippen LogP contribution in [0.4, 0.5) is 5.69 Å². The molecule has 1 aromatic rings. The van der Waals surface area contributed by atoms with Gasteiger partial charge in [-0.05, 0) is 19.1 Å². The minimum absolute atomic E-state index is 0.596. The fraction of sp³-hybridized carbons (Fsp3) is 0.562. The zero-order chi connectivity index (χ0) is 16.0. The number of hydrogen-bond donors (Lipinski definition) is 2. The Labute approximate surface area is 132 Å². The fourth-order valence-corrected chi connectivity index (χ4v) is 1.75. The van der Waals surface area contributed by atoms with Crippen LogP contribution < -0.4 is 15.4 Å². The first kappa shape index (κ1) is 18.3. The topological polar surface area (TPSA) is 64.1 Å². The van der Waals surface area contributed by atoms with Crippen LogP contribution in [0, 0.1) is 0 Å². The van der Waals surface area contributed by atoms with E-state index in [1.54, 1.807) is 14.2 Å². The highest BCUT2D eigenvalue weighted by Gasteiger charge is 2.01. The van der Waals surface area contributed by atoms with Crippen molar-refractivity contribution in [2.24, 2.45) is 4.99 Å². The molecule has 22 heavy (non-hydrogen) atoms. The van der Waals surface area contributed by atoms with Crippen molar-refractivity contribution in [2.75, 3.05) is 52.4 Å². The van der Waals surface area contributed by atoms with Gasteiger partial charge in [-0.15, -0.1) is 0 Å². The second-order valence-electron chi connectivity index (χ2n) is 4.60. The van der Waals surface area contributed by atoms with Gasteiger partial charge in [0.2, 0.25) is 0 Å². The Hall–Kier alpha value is -1.79. The van der Waals surface area contributed by atoms with Crippen LogP contribution in [0.2, 0.25) is 0 Å². The molecule has 0 bridgehead atoms. The Morgan fingerprint density at radius 1 is 1.14 bits per heavy atom. The molecule has 0 aromatic heterocycles. The standard InChI is InChI=1S/C16H27N3O3/c1-4-17-16(18-9-12-21-3)19-14-7-5-8-15(13-14)22-11-6-10-20-2/h5,7-8,13H,4,6,9-12H2,1-3H3,(H2,17,18,19). The van der Waals surface area contributed by atoms with Crippen molar-refractivity contribution < 1.29 is 14.2 Å². The Balaban J connectivity index is 2.56. The van der Waals surface area contributed by atoms with Crippen LogP contribution in [0.25, 0.3) is 0 Å². The van der Waals surface area contributed by atoms with Gasteiger partial charge in [-0.1, -0.05) is 6.07 Å². The molecule has 0 aliphatic carbocycles. The molecule has 0 unspecified atom stereocenters. The van der Waals surface area contributed by atoms with Crippen molar-refractivity contribution in [1.82, 2.24) is 5.32 Å². The molecule has 0 atom stereocenters. The van der Waals surface area contributed by atoms with Gasteiger partial charge in [0.15, 0.2) is 5.96 Å². The third-order valence-electron chi connectivity index (χ3n) is 2.77. The zero-order valence-corrected chi connectivity index (χ0v) is 13.7. The molecule has 0 aliphatic heterocycles. The molecule has 0 fully saturated rings. The van der Waals surface area contributed by atoms with E-state index in [4.69, 9.17) is 14.2 Å². The summed E-state index contributed by atoms with van der Waals surface area (Å²) < 4.78 is 15.7. The summed E-state index contributed by atoms with van der Waals surface area (Å²) in [6, 6.07) is 7.82. The minimum Gasteiger partial charge on any atom is -0.493 e. The molecule has 1 rings (SSSR count). The number of guanidine groups is 1. The average Bonchev–Trinajstić information content (AvgIpc) is 2.52. The number of nitrogens with one attached hydrogen (secondary N) is 2. The van der Waals surface area contributed by atoms with Crippen LogP contribution in [0.1, 0.15) is 13.3 Å². The summed E-state index contributed by atoms with van der Waals surface area (Å²) in [4.78, 5) is 4.43. The highest BCUT2D eigenvalue weighted by atomic mass is 16.5. The lowest BCUT2D eigenvalue weighted by molar-refractivity contribution is 0.172. The van der Waals surface area contributed by atoms with Crippen molar-refractivity contribution in [3.05, 3.63) is 24.3 Å². The van der Waals surface area contributed by atoms with Crippen molar-refractivity contribution in [3.63, 3.8) is 0 Å². The van der Waals surface area contributed by atoms with Crippen molar-refractivity contribution >= 4 is 11.6 Å². The Morgan fingerprint density at radius 2 is 1.95 bits per heavy atom. The molecule has 0 aliphatic rings. The third kappa shape index (κ3) is 7.85. The number of aliphatic imine (C=N–C) groups is 1. The van der Waals surface area contributed by atoms with Gasteiger partial charge in [0.05, 0.1) is 19.8 Å². The molecule has 6 heteroatoms. The predicted molar refractivity (Wildman–Crippen MR) is 89.9 cm³/mol. The number of hydrogen-bond acceptors (Lipinski definition) is 4. The van der Waals surface area contributed by atoms with E-state index in [1.165, 1.54) is 0 Å². The second kappa shape index (κ2) is 11.8. The number of nitrogens with zero attached hydrogens (tertiary/aromatic N) is 1. The van der Waals surface area contributed by atoms with Crippen molar-refractivity contribution in [1.29, 1.82) is 0 Å². The SMILES string of the molecule is CCNC(=NCCOC)Nc1cccc(OCCCOC)c1. The van der Waals surface area contributed by atoms with Crippen LogP contribution in [0.3, 0.4) is 0 Å². The van der Waals surface area contributed by atoms with Gasteiger partial charge in [0.25, 0.3) is 0 Å². The maximum absolute atomic E-state index is 5.69. The van der Waals surface area contributed by atoms with Gasteiger partial charge in [-0.2, -0.15) is 0 Å². The van der Waals surface area contributed by atoms with E-state index in [0.717, 1.165) is 30.4 Å². The molecule has 0 spiro atoms. The third-order valence-corrected chi connectivity index (χ3v) is 2.77. The van der Waals surface area contributed by atoms with Crippen LogP contribution in [0.5, 0.6) is 5.75 Å². The molecule has 0 saturated carbocycles. The first-order valence-electron chi connectivity index (χ1n) is 7.56. The summed E-state index contributed by atoms with van der Waals surface area (Å²) in [7, 11) is 3.36. The summed E-state index contributed by atoms with van der Waals surface area (Å²) in [6.07, 6.45) is 0.870. The summed E-state index contributed by atoms with van der Waals surface area (Å²) >= 11 is 0. The number of methoxy groups -OCH3 is 2. The van der Waals surface area contributed by atoms with E-state index in [9.17, 15) is 0 Å². The molecule has 0 radical (unpaired) electrons. The van der Waals surface area contributed by atoms with Gasteiger partial charge in [-0.25, -0.2) is 0 Å². The minimum atomic E-state index is 0.596. The van der Waals surface area contributed by atoms with Gasteiger partial charge >= 0.3 is 0 Å². The van der Waals surface area contributed by atoms with E-state index in [-0.39, 0.29) is 0 Å². The van der Waals surface area contributed by atoms with Crippen molar-refractivity contribution in [3.8, 4) is 5.75 Å². The Bertz CT molecular complexity index is 438. The molecule has 6 nitrogen and oxygen atoms in total. The quantitative estimate of drug-likeness (QED) is 0.394. The predicted octanol–water partition coefficient (Wildman–Crippen LogP) is 2.13. The highest BCUT2D eigenvalue weighted by molar-refractivity contribution is 5.93. The summed E-state index contributed by atoms with van der Waals surface area (Å²) in [5.74, 6) is 1.56. The molecular weight excluding hydrogens is 282 g/mol. The zero-order valence-electron chi connectivity index (χ0n) is 13.7. The van der Waals surface area contributed by atoms with Crippen molar-refractivity contribution in [2.45, 2.75) is 13.3 Å². The van der Waals surface area contributed by atoms with Crippen LogP contribution >= 0.6 is 0 Å². The van der Waals surface area contributed by atoms with E-state index >= 15 is 0 Å². The highest BCUT2D eigenvalue weighted by Crippen LogP contribution is 2.17. The summed E-state index contributed by atoms with van der Waals surface area (Å²) in [6.45, 7) is 5.38. The lowest BCUT2D eigenvalue weighted by atomic mass is 10.3. The maximum atomic E-state index is 5.69. The smallest absolute Gasteiger partial charge is 0.195 e. The van der Waals surface area contributed by atoms with Gasteiger partial charge in [-0.3, -0.25) is 4.99 Å². The molecule has 124 valence electrons.